The van der Waals surface area contributed by atoms with Crippen LogP contribution in [0.4, 0.5) is 0 Å². The average Bonchev–Trinajstić information content (AvgIpc) is 2.74. The van der Waals surface area contributed by atoms with Gasteiger partial charge in [0.05, 0.1) is 18.3 Å². The number of aliphatic hydroxyl groups is 2. The molecule has 2 N–H and O–H groups in total. The first-order valence-electron chi connectivity index (χ1n) is 5.38. The molecule has 2 heterocycles. The molecule has 15 heavy (non-hydrogen) atoms. The van der Waals surface area contributed by atoms with Gasteiger partial charge in [-0.2, -0.15) is 0 Å². The lowest BCUT2D eigenvalue weighted by Gasteiger charge is -2.19. The number of hydrogen-bond acceptors (Lipinski definition) is 4. The van der Waals surface area contributed by atoms with E-state index in [0.29, 0.717) is 0 Å². The Morgan fingerprint density at radius 2 is 1.87 bits per heavy atom. The second-order valence-corrected chi connectivity index (χ2v) is 4.39. The molecule has 0 radical (unpaired) electrons. The Labute approximate surface area is 88.6 Å². The summed E-state index contributed by atoms with van der Waals surface area (Å²) in [4.78, 5) is 13.3. The topological polar surface area (TPSA) is 70.0 Å². The van der Waals surface area contributed by atoms with Gasteiger partial charge in [0.1, 0.15) is 6.10 Å². The summed E-state index contributed by atoms with van der Waals surface area (Å²) in [6.07, 6.45) is -0.229. The Morgan fingerprint density at radius 3 is 2.33 bits per heavy atom. The third-order valence-corrected chi connectivity index (χ3v) is 3.08. The summed E-state index contributed by atoms with van der Waals surface area (Å²) >= 11 is 0. The Bertz CT molecular complexity index is 248. The first-order valence-corrected chi connectivity index (χ1v) is 5.38. The molecule has 0 saturated carbocycles. The van der Waals surface area contributed by atoms with Crippen LogP contribution in [-0.2, 0) is 9.53 Å². The highest BCUT2D eigenvalue weighted by atomic mass is 16.5. The highest BCUT2D eigenvalue weighted by Crippen LogP contribution is 2.22. The van der Waals surface area contributed by atoms with Crippen LogP contribution in [0.25, 0.3) is 0 Å². The summed E-state index contributed by atoms with van der Waals surface area (Å²) in [5.74, 6) is -0.102. The standard InChI is InChI=1S/C10H17NO4/c1-6-2-3-9(15-6)10(14)11-4-7(12)8(13)5-11/h6-9,12-13H,2-5H2,1H3. The molecule has 4 atom stereocenters. The van der Waals surface area contributed by atoms with Crippen molar-refractivity contribution in [1.82, 2.24) is 4.90 Å². The normalized spacial score (nSPS) is 41.1. The molecule has 86 valence electrons. The minimum atomic E-state index is -0.812. The van der Waals surface area contributed by atoms with E-state index < -0.39 is 12.2 Å². The highest BCUT2D eigenvalue weighted by Gasteiger charge is 2.38. The van der Waals surface area contributed by atoms with Crippen LogP contribution in [-0.4, -0.2) is 58.5 Å². The van der Waals surface area contributed by atoms with Crippen LogP contribution < -0.4 is 0 Å². The number of β-amino-alcohol motifs (C(OH)–C–C–N with tert-alkyl or cyclic N) is 2. The molecule has 5 nitrogen and oxygen atoms in total. The molecule has 5 heteroatoms. The maximum absolute atomic E-state index is 11.9. The van der Waals surface area contributed by atoms with Crippen molar-refractivity contribution in [3.8, 4) is 0 Å². The molecule has 0 aromatic rings. The third kappa shape index (κ3) is 2.14. The average molecular weight is 215 g/mol. The number of carbonyl (C=O) groups is 1. The van der Waals surface area contributed by atoms with Gasteiger partial charge in [-0.05, 0) is 19.8 Å². The molecular weight excluding hydrogens is 198 g/mol. The van der Waals surface area contributed by atoms with E-state index in [2.05, 4.69) is 0 Å². The van der Waals surface area contributed by atoms with Gasteiger partial charge in [0.15, 0.2) is 0 Å². The second-order valence-electron chi connectivity index (χ2n) is 4.39. The van der Waals surface area contributed by atoms with E-state index in [0.717, 1.165) is 12.8 Å². The Kier molecular flexibility index (Phi) is 2.95. The van der Waals surface area contributed by atoms with Crippen molar-refractivity contribution in [3.05, 3.63) is 0 Å². The fourth-order valence-electron chi connectivity index (χ4n) is 2.14. The van der Waals surface area contributed by atoms with E-state index in [1.807, 2.05) is 6.92 Å². The first-order chi connectivity index (χ1) is 7.08. The summed E-state index contributed by atoms with van der Waals surface area (Å²) in [6.45, 7) is 2.38. The molecule has 2 saturated heterocycles. The smallest absolute Gasteiger partial charge is 0.251 e. The Morgan fingerprint density at radius 1 is 1.27 bits per heavy atom. The lowest BCUT2D eigenvalue weighted by molar-refractivity contribution is -0.142. The van der Waals surface area contributed by atoms with Crippen LogP contribution >= 0.6 is 0 Å². The first kappa shape index (κ1) is 10.9. The minimum Gasteiger partial charge on any atom is -0.388 e. The Balaban J connectivity index is 1.92. The van der Waals surface area contributed by atoms with E-state index in [1.54, 1.807) is 0 Å². The van der Waals surface area contributed by atoms with Crippen LogP contribution in [0, 0.1) is 0 Å². The number of amides is 1. The number of rotatable bonds is 1. The van der Waals surface area contributed by atoms with Crippen LogP contribution in [0.5, 0.6) is 0 Å². The summed E-state index contributed by atoms with van der Waals surface area (Å²) in [7, 11) is 0. The Hall–Kier alpha value is -0.650. The second kappa shape index (κ2) is 4.08. The number of nitrogens with zero attached hydrogens (tertiary/aromatic N) is 1. The zero-order chi connectivity index (χ0) is 11.0. The SMILES string of the molecule is CC1CCC(C(=O)N2CC(O)C(O)C2)O1. The zero-order valence-corrected chi connectivity index (χ0v) is 8.80. The van der Waals surface area contributed by atoms with Gasteiger partial charge in [0.2, 0.25) is 0 Å². The third-order valence-electron chi connectivity index (χ3n) is 3.08. The summed E-state index contributed by atoms with van der Waals surface area (Å²) < 4.78 is 5.45. The van der Waals surface area contributed by atoms with Crippen molar-refractivity contribution >= 4 is 5.91 Å². The van der Waals surface area contributed by atoms with Gasteiger partial charge in [0.25, 0.3) is 5.91 Å². The number of aliphatic hydroxyl groups excluding tert-OH is 2. The molecule has 2 fully saturated rings. The minimum absolute atomic E-state index is 0.102. The molecule has 0 aromatic carbocycles. The number of carbonyl (C=O) groups excluding carboxylic acids is 1. The fraction of sp³-hybridized carbons (Fsp3) is 0.900. The van der Waals surface area contributed by atoms with Gasteiger partial charge in [-0.3, -0.25) is 4.79 Å². The van der Waals surface area contributed by atoms with Gasteiger partial charge in [0, 0.05) is 13.1 Å². The lowest BCUT2D eigenvalue weighted by Crippen LogP contribution is -2.38. The largest absolute Gasteiger partial charge is 0.388 e. The van der Waals surface area contributed by atoms with Crippen molar-refractivity contribution in [1.29, 1.82) is 0 Å². The molecule has 4 unspecified atom stereocenters. The molecule has 0 spiro atoms. The molecule has 2 rings (SSSR count). The number of ether oxygens (including phenoxy) is 1. The van der Waals surface area contributed by atoms with Crippen molar-refractivity contribution < 1.29 is 19.7 Å². The molecular formula is C10H17NO4. The molecule has 1 amide bonds. The zero-order valence-electron chi connectivity index (χ0n) is 8.80. The molecule has 2 aliphatic rings. The van der Waals surface area contributed by atoms with Gasteiger partial charge in [-0.25, -0.2) is 0 Å². The fourth-order valence-corrected chi connectivity index (χ4v) is 2.14. The van der Waals surface area contributed by atoms with E-state index >= 15 is 0 Å². The van der Waals surface area contributed by atoms with Crippen LogP contribution in [0.3, 0.4) is 0 Å². The van der Waals surface area contributed by atoms with Crippen molar-refractivity contribution in [3.63, 3.8) is 0 Å². The summed E-state index contributed by atoms with van der Waals surface area (Å²) in [5, 5.41) is 18.7. The summed E-state index contributed by atoms with van der Waals surface area (Å²) in [5.41, 5.74) is 0. The highest BCUT2D eigenvalue weighted by molar-refractivity contribution is 5.81. The van der Waals surface area contributed by atoms with E-state index in [4.69, 9.17) is 4.74 Å². The van der Waals surface area contributed by atoms with Crippen molar-refractivity contribution in [2.75, 3.05) is 13.1 Å². The van der Waals surface area contributed by atoms with Crippen molar-refractivity contribution in [2.24, 2.45) is 0 Å². The number of hydrogen-bond donors (Lipinski definition) is 2. The predicted molar refractivity (Wildman–Crippen MR) is 52.2 cm³/mol. The maximum atomic E-state index is 11.9. The van der Waals surface area contributed by atoms with E-state index in [-0.39, 0.29) is 31.2 Å². The maximum Gasteiger partial charge on any atom is 0.251 e. The number of likely N-dealkylation sites (tertiary alicyclic amines) is 1. The van der Waals surface area contributed by atoms with Gasteiger partial charge in [-0.1, -0.05) is 0 Å². The lowest BCUT2D eigenvalue weighted by atomic mass is 10.2. The van der Waals surface area contributed by atoms with Gasteiger partial charge in [-0.15, -0.1) is 0 Å². The van der Waals surface area contributed by atoms with Crippen LogP contribution in [0.15, 0.2) is 0 Å². The monoisotopic (exact) mass is 215 g/mol. The van der Waals surface area contributed by atoms with E-state index in [9.17, 15) is 15.0 Å². The van der Waals surface area contributed by atoms with Gasteiger partial charge < -0.3 is 19.8 Å². The van der Waals surface area contributed by atoms with Crippen molar-refractivity contribution in [2.45, 2.75) is 44.2 Å². The van der Waals surface area contributed by atoms with Gasteiger partial charge >= 0.3 is 0 Å². The molecule has 0 bridgehead atoms. The van der Waals surface area contributed by atoms with Crippen LogP contribution in [0.1, 0.15) is 19.8 Å². The molecule has 0 aromatic heterocycles. The molecule has 0 aliphatic carbocycles. The van der Waals surface area contributed by atoms with E-state index in [1.165, 1.54) is 4.90 Å². The van der Waals surface area contributed by atoms with Crippen LogP contribution in [0.2, 0.25) is 0 Å². The quantitative estimate of drug-likeness (QED) is 0.596. The molecule has 2 aliphatic heterocycles. The summed E-state index contributed by atoms with van der Waals surface area (Å²) in [6, 6.07) is 0. The predicted octanol–water partition coefficient (Wildman–Crippen LogP) is -0.882.